The van der Waals surface area contributed by atoms with Crippen LogP contribution in [0.2, 0.25) is 0 Å². The SMILES string of the molecule is CCNC1CCN(CC2CN(C)CCN2C)C1=O. The van der Waals surface area contributed by atoms with Gasteiger partial charge < -0.3 is 15.1 Å². The smallest absolute Gasteiger partial charge is 0.239 e. The molecule has 1 N–H and O–H groups in total. The molecule has 0 aliphatic carbocycles. The highest BCUT2D eigenvalue weighted by molar-refractivity contribution is 5.84. The van der Waals surface area contributed by atoms with Crippen molar-refractivity contribution in [3.63, 3.8) is 0 Å². The molecule has 2 rings (SSSR count). The van der Waals surface area contributed by atoms with Crippen LogP contribution in [0.15, 0.2) is 0 Å². The van der Waals surface area contributed by atoms with Gasteiger partial charge in [-0.2, -0.15) is 0 Å². The summed E-state index contributed by atoms with van der Waals surface area (Å²) < 4.78 is 0. The lowest BCUT2D eigenvalue weighted by Crippen LogP contribution is -2.55. The van der Waals surface area contributed by atoms with Crippen molar-refractivity contribution >= 4 is 5.91 Å². The van der Waals surface area contributed by atoms with E-state index < -0.39 is 0 Å². The van der Waals surface area contributed by atoms with E-state index in [1.54, 1.807) is 0 Å². The predicted molar refractivity (Wildman–Crippen MR) is 72.6 cm³/mol. The molecule has 0 radical (unpaired) electrons. The van der Waals surface area contributed by atoms with Gasteiger partial charge in [-0.05, 0) is 27.1 Å². The van der Waals surface area contributed by atoms with Crippen LogP contribution in [-0.2, 0) is 4.79 Å². The molecule has 2 aliphatic heterocycles. The number of carbonyl (C=O) groups excluding carboxylic acids is 1. The van der Waals surface area contributed by atoms with Gasteiger partial charge in [0.25, 0.3) is 0 Å². The molecule has 0 bridgehead atoms. The predicted octanol–water partition coefficient (Wildman–Crippen LogP) is -0.557. The third-order valence-corrected chi connectivity index (χ3v) is 4.16. The molecule has 1 amide bonds. The van der Waals surface area contributed by atoms with E-state index >= 15 is 0 Å². The van der Waals surface area contributed by atoms with E-state index in [-0.39, 0.29) is 6.04 Å². The maximum absolute atomic E-state index is 12.2. The minimum atomic E-state index is 0.0571. The number of hydrogen-bond donors (Lipinski definition) is 1. The first-order valence-corrected chi connectivity index (χ1v) is 7.02. The van der Waals surface area contributed by atoms with Crippen LogP contribution < -0.4 is 5.32 Å². The third-order valence-electron chi connectivity index (χ3n) is 4.16. The molecule has 2 saturated heterocycles. The number of nitrogens with one attached hydrogen (secondary N) is 1. The second-order valence-electron chi connectivity index (χ2n) is 5.58. The molecule has 2 heterocycles. The molecule has 0 saturated carbocycles. The third kappa shape index (κ3) is 3.02. The highest BCUT2D eigenvalue weighted by atomic mass is 16.2. The Hall–Kier alpha value is -0.650. The average Bonchev–Trinajstić information content (AvgIpc) is 2.67. The second-order valence-corrected chi connectivity index (χ2v) is 5.58. The molecular formula is C13H26N4O. The molecule has 0 aromatic rings. The van der Waals surface area contributed by atoms with Crippen LogP contribution in [0.4, 0.5) is 0 Å². The van der Waals surface area contributed by atoms with Crippen LogP contribution in [0, 0.1) is 0 Å². The minimum Gasteiger partial charge on any atom is -0.340 e. The minimum absolute atomic E-state index is 0.0571. The van der Waals surface area contributed by atoms with Crippen LogP contribution >= 0.6 is 0 Å². The molecule has 2 atom stereocenters. The standard InChI is InChI=1S/C13H26N4O/c1-4-14-12-5-6-17(13(12)18)10-11-9-15(2)7-8-16(11)3/h11-12,14H,4-10H2,1-3H3. The quantitative estimate of drug-likeness (QED) is 0.730. The number of amides is 1. The lowest BCUT2D eigenvalue weighted by Gasteiger charge is -2.39. The Bertz CT molecular complexity index is 297. The van der Waals surface area contributed by atoms with E-state index in [0.717, 1.165) is 45.7 Å². The Balaban J connectivity index is 1.87. The van der Waals surface area contributed by atoms with E-state index in [4.69, 9.17) is 0 Å². The summed E-state index contributed by atoms with van der Waals surface area (Å²) in [5.74, 6) is 0.290. The highest BCUT2D eigenvalue weighted by Crippen LogP contribution is 2.15. The number of piperazine rings is 1. The van der Waals surface area contributed by atoms with Crippen LogP contribution in [0.1, 0.15) is 13.3 Å². The van der Waals surface area contributed by atoms with Crippen molar-refractivity contribution in [1.29, 1.82) is 0 Å². The average molecular weight is 254 g/mol. The fraction of sp³-hybridized carbons (Fsp3) is 0.923. The van der Waals surface area contributed by atoms with Gasteiger partial charge in [0.15, 0.2) is 0 Å². The molecule has 0 spiro atoms. The molecule has 0 aromatic heterocycles. The van der Waals surface area contributed by atoms with Crippen molar-refractivity contribution in [3.05, 3.63) is 0 Å². The highest BCUT2D eigenvalue weighted by Gasteiger charge is 2.33. The number of likely N-dealkylation sites (tertiary alicyclic amines) is 1. The fourth-order valence-electron chi connectivity index (χ4n) is 2.91. The first-order valence-electron chi connectivity index (χ1n) is 7.02. The zero-order valence-corrected chi connectivity index (χ0v) is 11.9. The first kappa shape index (κ1) is 13.8. The van der Waals surface area contributed by atoms with Crippen molar-refractivity contribution in [1.82, 2.24) is 20.0 Å². The van der Waals surface area contributed by atoms with Gasteiger partial charge in [0, 0.05) is 38.8 Å². The van der Waals surface area contributed by atoms with E-state index in [0.29, 0.717) is 11.9 Å². The number of likely N-dealkylation sites (N-methyl/N-ethyl adjacent to an activating group) is 3. The molecule has 2 fully saturated rings. The van der Waals surface area contributed by atoms with Gasteiger partial charge in [-0.3, -0.25) is 9.69 Å². The van der Waals surface area contributed by atoms with Crippen LogP contribution in [0.5, 0.6) is 0 Å². The zero-order chi connectivity index (χ0) is 13.1. The summed E-state index contributed by atoms with van der Waals surface area (Å²) in [5.41, 5.74) is 0. The number of carbonyl (C=O) groups is 1. The summed E-state index contributed by atoms with van der Waals surface area (Å²) in [6, 6.07) is 0.537. The summed E-state index contributed by atoms with van der Waals surface area (Å²) in [6.45, 7) is 8.00. The number of rotatable bonds is 4. The summed E-state index contributed by atoms with van der Waals surface area (Å²) in [7, 11) is 4.33. The van der Waals surface area contributed by atoms with Crippen molar-refractivity contribution in [3.8, 4) is 0 Å². The molecule has 5 nitrogen and oxygen atoms in total. The van der Waals surface area contributed by atoms with Crippen LogP contribution in [0.25, 0.3) is 0 Å². The Kier molecular flexibility index (Phi) is 4.59. The Morgan fingerprint density at radius 3 is 2.78 bits per heavy atom. The van der Waals surface area contributed by atoms with Gasteiger partial charge in [0.05, 0.1) is 6.04 Å². The molecular weight excluding hydrogens is 228 g/mol. The van der Waals surface area contributed by atoms with Gasteiger partial charge in [-0.25, -0.2) is 0 Å². The monoisotopic (exact) mass is 254 g/mol. The Labute approximate surface area is 110 Å². The summed E-state index contributed by atoms with van der Waals surface area (Å²) in [4.78, 5) is 19.0. The summed E-state index contributed by atoms with van der Waals surface area (Å²) in [6.07, 6.45) is 0.957. The van der Waals surface area contributed by atoms with Crippen LogP contribution in [-0.4, -0.2) is 86.1 Å². The molecule has 2 unspecified atom stereocenters. The normalized spacial score (nSPS) is 31.3. The second kappa shape index (κ2) is 5.99. The fourth-order valence-corrected chi connectivity index (χ4v) is 2.91. The Morgan fingerprint density at radius 2 is 2.06 bits per heavy atom. The number of hydrogen-bond acceptors (Lipinski definition) is 4. The molecule has 0 aromatic carbocycles. The molecule has 18 heavy (non-hydrogen) atoms. The lowest BCUT2D eigenvalue weighted by molar-refractivity contribution is -0.130. The summed E-state index contributed by atoms with van der Waals surface area (Å²) in [5, 5.41) is 3.27. The van der Waals surface area contributed by atoms with Crippen molar-refractivity contribution in [2.24, 2.45) is 0 Å². The lowest BCUT2D eigenvalue weighted by atomic mass is 10.2. The first-order chi connectivity index (χ1) is 8.61. The summed E-state index contributed by atoms with van der Waals surface area (Å²) >= 11 is 0. The van der Waals surface area contributed by atoms with E-state index in [1.807, 2.05) is 4.90 Å². The Morgan fingerprint density at radius 1 is 1.28 bits per heavy atom. The van der Waals surface area contributed by atoms with Crippen LogP contribution in [0.3, 0.4) is 0 Å². The van der Waals surface area contributed by atoms with Crippen molar-refractivity contribution in [2.45, 2.75) is 25.4 Å². The van der Waals surface area contributed by atoms with Gasteiger partial charge in [-0.15, -0.1) is 0 Å². The zero-order valence-electron chi connectivity index (χ0n) is 11.9. The van der Waals surface area contributed by atoms with E-state index in [9.17, 15) is 4.79 Å². The van der Waals surface area contributed by atoms with Crippen molar-refractivity contribution in [2.75, 3.05) is 53.4 Å². The van der Waals surface area contributed by atoms with Gasteiger partial charge in [0.1, 0.15) is 0 Å². The topological polar surface area (TPSA) is 38.8 Å². The van der Waals surface area contributed by atoms with E-state index in [2.05, 4.69) is 36.1 Å². The van der Waals surface area contributed by atoms with Gasteiger partial charge >= 0.3 is 0 Å². The van der Waals surface area contributed by atoms with Gasteiger partial charge in [-0.1, -0.05) is 6.92 Å². The number of nitrogens with zero attached hydrogens (tertiary/aromatic N) is 3. The van der Waals surface area contributed by atoms with Gasteiger partial charge in [0.2, 0.25) is 5.91 Å². The van der Waals surface area contributed by atoms with E-state index in [1.165, 1.54) is 0 Å². The van der Waals surface area contributed by atoms with Crippen molar-refractivity contribution < 1.29 is 4.79 Å². The maximum atomic E-state index is 12.2. The molecule has 2 aliphatic rings. The molecule has 5 heteroatoms. The largest absolute Gasteiger partial charge is 0.340 e. The molecule has 104 valence electrons. The maximum Gasteiger partial charge on any atom is 0.239 e.